The SMILES string of the molecule is O=C(NC[C@@H]1CN2CCC1CC2)c1n[nH]c2ccc(OC(F)(F)F)cc12. The minimum absolute atomic E-state index is 0.0777. The number of rotatable bonds is 4. The van der Waals surface area contributed by atoms with Crippen molar-refractivity contribution < 1.29 is 22.7 Å². The maximum Gasteiger partial charge on any atom is 0.573 e. The molecule has 0 spiro atoms. The van der Waals surface area contributed by atoms with E-state index in [1.807, 2.05) is 0 Å². The molecule has 1 atom stereocenters. The Morgan fingerprint density at radius 2 is 2.12 bits per heavy atom. The summed E-state index contributed by atoms with van der Waals surface area (Å²) in [6.45, 7) is 3.78. The molecule has 0 saturated carbocycles. The Labute approximate surface area is 147 Å². The Balaban J connectivity index is 1.47. The molecule has 1 aromatic carbocycles. The summed E-state index contributed by atoms with van der Waals surface area (Å²) < 4.78 is 41.1. The maximum atomic E-state index is 12.5. The summed E-state index contributed by atoms with van der Waals surface area (Å²) in [6, 6.07) is 3.77. The minimum atomic E-state index is -4.78. The second-order valence-electron chi connectivity index (χ2n) is 6.94. The highest BCUT2D eigenvalue weighted by molar-refractivity contribution is 6.05. The van der Waals surface area contributed by atoms with E-state index in [0.717, 1.165) is 32.5 Å². The third-order valence-corrected chi connectivity index (χ3v) is 5.30. The number of alkyl halides is 3. The van der Waals surface area contributed by atoms with E-state index in [4.69, 9.17) is 0 Å². The number of carbonyl (C=O) groups is 1. The molecule has 0 aliphatic carbocycles. The highest BCUT2D eigenvalue weighted by atomic mass is 19.4. The summed E-state index contributed by atoms with van der Waals surface area (Å²) in [6.07, 6.45) is -2.47. The van der Waals surface area contributed by atoms with Crippen molar-refractivity contribution >= 4 is 16.8 Å². The van der Waals surface area contributed by atoms with Crippen molar-refractivity contribution in [2.24, 2.45) is 11.8 Å². The van der Waals surface area contributed by atoms with Gasteiger partial charge in [0.15, 0.2) is 5.69 Å². The van der Waals surface area contributed by atoms with Crippen molar-refractivity contribution in [2.45, 2.75) is 19.2 Å². The number of benzene rings is 1. The monoisotopic (exact) mass is 368 g/mol. The number of halogens is 3. The molecule has 3 aliphatic heterocycles. The minimum Gasteiger partial charge on any atom is -0.406 e. The molecule has 4 heterocycles. The lowest BCUT2D eigenvalue weighted by molar-refractivity contribution is -0.274. The van der Waals surface area contributed by atoms with E-state index in [-0.39, 0.29) is 11.4 Å². The normalized spacial score (nSPS) is 25.4. The molecular formula is C17H19F3N4O2. The number of hydrogen-bond acceptors (Lipinski definition) is 4. The van der Waals surface area contributed by atoms with Crippen LogP contribution in [0.2, 0.25) is 0 Å². The molecule has 26 heavy (non-hydrogen) atoms. The van der Waals surface area contributed by atoms with Gasteiger partial charge in [-0.1, -0.05) is 0 Å². The summed E-state index contributed by atoms with van der Waals surface area (Å²) in [5.41, 5.74) is 0.557. The molecule has 6 nitrogen and oxygen atoms in total. The topological polar surface area (TPSA) is 70.2 Å². The van der Waals surface area contributed by atoms with Gasteiger partial charge in [-0.15, -0.1) is 13.2 Å². The van der Waals surface area contributed by atoms with Gasteiger partial charge in [0.1, 0.15) is 5.75 Å². The summed E-state index contributed by atoms with van der Waals surface area (Å²) >= 11 is 0. The average Bonchev–Trinajstić information content (AvgIpc) is 3.02. The van der Waals surface area contributed by atoms with Crippen LogP contribution in [0.25, 0.3) is 10.9 Å². The van der Waals surface area contributed by atoms with E-state index in [2.05, 4.69) is 25.2 Å². The van der Waals surface area contributed by atoms with E-state index in [9.17, 15) is 18.0 Å². The Hall–Kier alpha value is -2.29. The fourth-order valence-electron chi connectivity index (χ4n) is 3.99. The van der Waals surface area contributed by atoms with Gasteiger partial charge < -0.3 is 15.0 Å². The predicted molar refractivity (Wildman–Crippen MR) is 87.8 cm³/mol. The number of nitrogens with one attached hydrogen (secondary N) is 2. The molecule has 5 rings (SSSR count). The molecule has 140 valence electrons. The van der Waals surface area contributed by atoms with Gasteiger partial charge in [-0.2, -0.15) is 5.10 Å². The van der Waals surface area contributed by atoms with Crippen LogP contribution in [0.15, 0.2) is 18.2 Å². The molecule has 3 saturated heterocycles. The smallest absolute Gasteiger partial charge is 0.406 e. The van der Waals surface area contributed by atoms with E-state index in [1.165, 1.54) is 18.2 Å². The quantitative estimate of drug-likeness (QED) is 0.870. The first-order chi connectivity index (χ1) is 12.4. The van der Waals surface area contributed by atoms with Crippen LogP contribution >= 0.6 is 0 Å². The highest BCUT2D eigenvalue weighted by Gasteiger charge is 2.34. The molecule has 2 bridgehead atoms. The van der Waals surface area contributed by atoms with Crippen LogP contribution in [0.3, 0.4) is 0 Å². The van der Waals surface area contributed by atoms with Crippen molar-refractivity contribution in [2.75, 3.05) is 26.2 Å². The Bertz CT molecular complexity index is 812. The molecule has 0 radical (unpaired) electrons. The third kappa shape index (κ3) is 3.48. The van der Waals surface area contributed by atoms with Crippen molar-refractivity contribution in [1.29, 1.82) is 0 Å². The molecule has 2 N–H and O–H groups in total. The van der Waals surface area contributed by atoms with Crippen molar-refractivity contribution in [1.82, 2.24) is 20.4 Å². The van der Waals surface area contributed by atoms with Crippen LogP contribution in [0.4, 0.5) is 13.2 Å². The first-order valence-electron chi connectivity index (χ1n) is 8.63. The summed E-state index contributed by atoms with van der Waals surface area (Å²) in [4.78, 5) is 14.9. The maximum absolute atomic E-state index is 12.5. The third-order valence-electron chi connectivity index (χ3n) is 5.30. The van der Waals surface area contributed by atoms with Crippen molar-refractivity contribution in [3.63, 3.8) is 0 Å². The number of ether oxygens (including phenoxy) is 1. The second kappa shape index (κ2) is 6.46. The molecular weight excluding hydrogens is 349 g/mol. The van der Waals surface area contributed by atoms with Crippen molar-refractivity contribution in [3.05, 3.63) is 23.9 Å². The molecule has 9 heteroatoms. The Kier molecular flexibility index (Phi) is 4.26. The summed E-state index contributed by atoms with van der Waals surface area (Å²) in [7, 11) is 0. The zero-order valence-corrected chi connectivity index (χ0v) is 14.0. The Morgan fingerprint density at radius 3 is 2.77 bits per heavy atom. The number of H-pyrrole nitrogens is 1. The van der Waals surface area contributed by atoms with Gasteiger partial charge in [0.05, 0.1) is 5.52 Å². The van der Waals surface area contributed by atoms with Crippen LogP contribution in [-0.2, 0) is 0 Å². The number of aromatic amines is 1. The largest absolute Gasteiger partial charge is 0.573 e. The van der Waals surface area contributed by atoms with Crippen LogP contribution in [0.5, 0.6) is 5.75 Å². The van der Waals surface area contributed by atoms with Gasteiger partial charge in [0, 0.05) is 18.5 Å². The van der Waals surface area contributed by atoms with E-state index in [0.29, 0.717) is 29.3 Å². The first-order valence-corrected chi connectivity index (χ1v) is 8.63. The molecule has 0 unspecified atom stereocenters. The predicted octanol–water partition coefficient (Wildman–Crippen LogP) is 2.53. The molecule has 3 aliphatic rings. The lowest BCUT2D eigenvalue weighted by Gasteiger charge is -2.44. The highest BCUT2D eigenvalue weighted by Crippen LogP contribution is 2.32. The number of hydrogen-bond donors (Lipinski definition) is 2. The fourth-order valence-corrected chi connectivity index (χ4v) is 3.99. The summed E-state index contributed by atoms with van der Waals surface area (Å²) in [5.74, 6) is 0.272. The second-order valence-corrected chi connectivity index (χ2v) is 6.94. The molecule has 1 aromatic heterocycles. The molecule has 3 fully saturated rings. The zero-order chi connectivity index (χ0) is 18.3. The van der Waals surface area contributed by atoms with E-state index >= 15 is 0 Å². The van der Waals surface area contributed by atoms with Crippen molar-refractivity contribution in [3.8, 4) is 5.75 Å². The lowest BCUT2D eigenvalue weighted by atomic mass is 9.79. The number of fused-ring (bicyclic) bond motifs is 4. The molecule has 1 amide bonds. The zero-order valence-electron chi connectivity index (χ0n) is 14.0. The van der Waals surface area contributed by atoms with Gasteiger partial charge in [0.2, 0.25) is 0 Å². The average molecular weight is 368 g/mol. The van der Waals surface area contributed by atoms with E-state index < -0.39 is 12.3 Å². The van der Waals surface area contributed by atoms with Gasteiger partial charge in [-0.3, -0.25) is 9.89 Å². The number of carbonyl (C=O) groups excluding carboxylic acids is 1. The van der Waals surface area contributed by atoms with Crippen LogP contribution in [0, 0.1) is 11.8 Å². The van der Waals surface area contributed by atoms with Gasteiger partial charge in [0.25, 0.3) is 5.91 Å². The fraction of sp³-hybridized carbons (Fsp3) is 0.529. The number of amides is 1. The number of nitrogens with zero attached hydrogens (tertiary/aromatic N) is 2. The first kappa shape index (κ1) is 17.1. The number of piperidine rings is 3. The molecule has 2 aromatic rings. The van der Waals surface area contributed by atoms with Crippen LogP contribution in [-0.4, -0.2) is 53.5 Å². The number of aromatic nitrogens is 2. The van der Waals surface area contributed by atoms with Gasteiger partial charge >= 0.3 is 6.36 Å². The van der Waals surface area contributed by atoms with Crippen LogP contribution in [0.1, 0.15) is 23.3 Å². The summed E-state index contributed by atoms with van der Waals surface area (Å²) in [5, 5.41) is 9.82. The standard InChI is InChI=1S/C17H19F3N4O2/c18-17(19,20)26-12-1-2-14-13(7-12)15(23-22-14)16(25)21-8-11-9-24-5-3-10(11)4-6-24/h1-2,7,10-11H,3-6,8-9H2,(H,21,25)(H,22,23)/t11-/m1/s1. The van der Waals surface area contributed by atoms with E-state index in [1.54, 1.807) is 0 Å². The van der Waals surface area contributed by atoms with Gasteiger partial charge in [-0.25, -0.2) is 0 Å². The lowest BCUT2D eigenvalue weighted by Crippen LogP contribution is -2.50. The van der Waals surface area contributed by atoms with Gasteiger partial charge in [-0.05, 0) is 56.0 Å². The van der Waals surface area contributed by atoms with Crippen LogP contribution < -0.4 is 10.1 Å². The Morgan fingerprint density at radius 1 is 1.35 bits per heavy atom.